The Morgan fingerprint density at radius 3 is 1.79 bits per heavy atom. The molecule has 0 saturated carbocycles. The molecule has 0 saturated heterocycles. The lowest BCUT2D eigenvalue weighted by molar-refractivity contribution is 0.475. The zero-order valence-corrected chi connectivity index (χ0v) is 16.0. The number of hydrazone groups is 1. The van der Waals surface area contributed by atoms with Gasteiger partial charge in [-0.15, -0.1) is 0 Å². The number of rotatable bonds is 5. The van der Waals surface area contributed by atoms with E-state index in [1.807, 2.05) is 73.8 Å². The van der Waals surface area contributed by atoms with Crippen LogP contribution in [0, 0.1) is 0 Å². The summed E-state index contributed by atoms with van der Waals surface area (Å²) in [6.07, 6.45) is 1.71. The maximum Gasteiger partial charge on any atom is 0.247 e. The van der Waals surface area contributed by atoms with Crippen molar-refractivity contribution in [2.45, 2.75) is 0 Å². The van der Waals surface area contributed by atoms with E-state index in [-0.39, 0.29) is 5.75 Å². The minimum Gasteiger partial charge on any atom is -0.508 e. The summed E-state index contributed by atoms with van der Waals surface area (Å²) in [6.45, 7) is 0. The second-order valence-corrected chi connectivity index (χ2v) is 6.53. The topological polar surface area (TPSA) is 61.6 Å². The third kappa shape index (κ3) is 4.47. The van der Waals surface area contributed by atoms with Crippen molar-refractivity contribution in [3.05, 3.63) is 96.6 Å². The van der Waals surface area contributed by atoms with Gasteiger partial charge in [0.25, 0.3) is 0 Å². The van der Waals surface area contributed by atoms with Crippen molar-refractivity contribution in [1.82, 2.24) is 9.97 Å². The fourth-order valence-electron chi connectivity index (χ4n) is 2.86. The van der Waals surface area contributed by atoms with Crippen molar-refractivity contribution in [3.8, 4) is 28.3 Å². The van der Waals surface area contributed by atoms with Gasteiger partial charge in [-0.3, -0.25) is 0 Å². The van der Waals surface area contributed by atoms with Gasteiger partial charge in [-0.2, -0.15) is 5.10 Å². The minimum atomic E-state index is 0.224. The molecule has 29 heavy (non-hydrogen) atoms. The van der Waals surface area contributed by atoms with Crippen LogP contribution in [0.3, 0.4) is 0 Å². The lowest BCUT2D eigenvalue weighted by atomic mass is 10.1. The highest BCUT2D eigenvalue weighted by Crippen LogP contribution is 2.26. The number of aromatic hydroxyl groups is 1. The zero-order valence-electron chi connectivity index (χ0n) is 16.0. The van der Waals surface area contributed by atoms with Crippen LogP contribution in [-0.4, -0.2) is 28.3 Å². The fraction of sp³-hybridized carbons (Fsp3) is 0.0417. The molecule has 5 heteroatoms. The molecule has 4 rings (SSSR count). The van der Waals surface area contributed by atoms with Crippen LogP contribution in [0.4, 0.5) is 5.95 Å². The molecule has 0 aliphatic carbocycles. The summed E-state index contributed by atoms with van der Waals surface area (Å²) in [6, 6.07) is 28.9. The Balaban J connectivity index is 1.72. The van der Waals surface area contributed by atoms with E-state index in [1.54, 1.807) is 35.5 Å². The highest BCUT2D eigenvalue weighted by molar-refractivity contribution is 5.80. The summed E-state index contributed by atoms with van der Waals surface area (Å²) in [4.78, 5) is 9.43. The van der Waals surface area contributed by atoms with Crippen LogP contribution in [0.5, 0.6) is 5.75 Å². The molecular weight excluding hydrogens is 360 g/mol. The first-order chi connectivity index (χ1) is 14.2. The van der Waals surface area contributed by atoms with Crippen LogP contribution >= 0.6 is 0 Å². The zero-order chi connectivity index (χ0) is 20.1. The van der Waals surface area contributed by atoms with E-state index < -0.39 is 0 Å². The van der Waals surface area contributed by atoms with Gasteiger partial charge in [-0.05, 0) is 35.9 Å². The van der Waals surface area contributed by atoms with E-state index in [4.69, 9.17) is 9.97 Å². The predicted octanol–water partition coefficient (Wildman–Crippen LogP) is 4.99. The number of anilines is 1. The van der Waals surface area contributed by atoms with Gasteiger partial charge in [0.15, 0.2) is 0 Å². The molecule has 4 aromatic rings. The Morgan fingerprint density at radius 2 is 1.28 bits per heavy atom. The van der Waals surface area contributed by atoms with Gasteiger partial charge < -0.3 is 5.11 Å². The van der Waals surface area contributed by atoms with Crippen molar-refractivity contribution in [1.29, 1.82) is 0 Å². The molecule has 0 atom stereocenters. The third-order valence-corrected chi connectivity index (χ3v) is 4.42. The smallest absolute Gasteiger partial charge is 0.247 e. The summed E-state index contributed by atoms with van der Waals surface area (Å²) in [5.41, 5.74) is 4.58. The standard InChI is InChI=1S/C24H20N4O/c1-28(25-17-18-12-14-21(29)15-13-18)24-26-22(19-8-4-2-5-9-19)16-23(27-24)20-10-6-3-7-11-20/h2-17,29H,1H3. The van der Waals surface area contributed by atoms with E-state index in [1.165, 1.54) is 0 Å². The van der Waals surface area contributed by atoms with Crippen LogP contribution in [0.15, 0.2) is 96.1 Å². The molecule has 142 valence electrons. The van der Waals surface area contributed by atoms with E-state index in [0.29, 0.717) is 5.95 Å². The average Bonchev–Trinajstić information content (AvgIpc) is 2.79. The Labute approximate surface area is 169 Å². The van der Waals surface area contributed by atoms with Gasteiger partial charge in [-0.1, -0.05) is 60.7 Å². The highest BCUT2D eigenvalue weighted by Gasteiger charge is 2.11. The van der Waals surface area contributed by atoms with Crippen LogP contribution < -0.4 is 5.01 Å². The number of hydrogen-bond acceptors (Lipinski definition) is 5. The SMILES string of the molecule is CN(N=Cc1ccc(O)cc1)c1nc(-c2ccccc2)cc(-c2ccccc2)n1. The first-order valence-corrected chi connectivity index (χ1v) is 9.26. The third-order valence-electron chi connectivity index (χ3n) is 4.42. The normalized spacial score (nSPS) is 10.9. The van der Waals surface area contributed by atoms with Crippen molar-refractivity contribution < 1.29 is 5.11 Å². The molecule has 3 aromatic carbocycles. The molecule has 0 bridgehead atoms. The Kier molecular flexibility index (Phi) is 5.29. The molecule has 0 amide bonds. The number of phenolic OH excluding ortho intramolecular Hbond substituents is 1. The first kappa shape index (κ1) is 18.4. The van der Waals surface area contributed by atoms with E-state index in [9.17, 15) is 5.11 Å². The number of hydrogen-bond donors (Lipinski definition) is 1. The summed E-state index contributed by atoms with van der Waals surface area (Å²) in [5, 5.41) is 15.5. The number of benzene rings is 3. The van der Waals surface area contributed by atoms with Crippen molar-refractivity contribution >= 4 is 12.2 Å². The molecule has 0 radical (unpaired) electrons. The van der Waals surface area contributed by atoms with Gasteiger partial charge in [0.05, 0.1) is 17.6 Å². The van der Waals surface area contributed by atoms with E-state index >= 15 is 0 Å². The quantitative estimate of drug-likeness (QED) is 0.391. The second-order valence-electron chi connectivity index (χ2n) is 6.53. The average molecular weight is 380 g/mol. The van der Waals surface area contributed by atoms with E-state index in [0.717, 1.165) is 28.1 Å². The van der Waals surface area contributed by atoms with Gasteiger partial charge in [0.1, 0.15) is 5.75 Å². The lowest BCUT2D eigenvalue weighted by Crippen LogP contribution is -2.13. The monoisotopic (exact) mass is 380 g/mol. The molecule has 0 aliphatic heterocycles. The molecule has 5 nitrogen and oxygen atoms in total. The lowest BCUT2D eigenvalue weighted by Gasteiger charge is -2.14. The number of phenols is 1. The minimum absolute atomic E-state index is 0.224. The summed E-state index contributed by atoms with van der Waals surface area (Å²) in [5.74, 6) is 0.724. The largest absolute Gasteiger partial charge is 0.508 e. The van der Waals surface area contributed by atoms with Crippen molar-refractivity contribution in [3.63, 3.8) is 0 Å². The first-order valence-electron chi connectivity index (χ1n) is 9.26. The summed E-state index contributed by atoms with van der Waals surface area (Å²) < 4.78 is 0. The van der Waals surface area contributed by atoms with Crippen LogP contribution in [0.25, 0.3) is 22.5 Å². The van der Waals surface area contributed by atoms with Crippen LogP contribution in [-0.2, 0) is 0 Å². The van der Waals surface area contributed by atoms with Gasteiger partial charge >= 0.3 is 0 Å². The Morgan fingerprint density at radius 1 is 0.759 bits per heavy atom. The molecule has 0 fully saturated rings. The summed E-state index contributed by atoms with van der Waals surface area (Å²) in [7, 11) is 1.82. The maximum absolute atomic E-state index is 9.41. The molecule has 1 heterocycles. The van der Waals surface area contributed by atoms with Gasteiger partial charge in [0, 0.05) is 18.2 Å². The van der Waals surface area contributed by atoms with Crippen molar-refractivity contribution in [2.24, 2.45) is 5.10 Å². The Bertz CT molecular complexity index is 1050. The summed E-state index contributed by atoms with van der Waals surface area (Å²) >= 11 is 0. The van der Waals surface area contributed by atoms with Gasteiger partial charge in [0.2, 0.25) is 5.95 Å². The number of nitrogens with zero attached hydrogens (tertiary/aromatic N) is 4. The van der Waals surface area contributed by atoms with Gasteiger partial charge in [-0.25, -0.2) is 15.0 Å². The van der Waals surface area contributed by atoms with Crippen molar-refractivity contribution in [2.75, 3.05) is 12.1 Å². The predicted molar refractivity (Wildman–Crippen MR) is 117 cm³/mol. The molecule has 1 N–H and O–H groups in total. The number of aromatic nitrogens is 2. The Hall–Kier alpha value is -3.99. The molecule has 0 unspecified atom stereocenters. The fourth-order valence-corrected chi connectivity index (χ4v) is 2.86. The van der Waals surface area contributed by atoms with E-state index in [2.05, 4.69) is 5.10 Å². The molecule has 0 spiro atoms. The van der Waals surface area contributed by atoms with Crippen LogP contribution in [0.2, 0.25) is 0 Å². The van der Waals surface area contributed by atoms with Crippen LogP contribution in [0.1, 0.15) is 5.56 Å². The molecular formula is C24H20N4O. The maximum atomic E-state index is 9.41. The highest BCUT2D eigenvalue weighted by atomic mass is 16.3. The second kappa shape index (κ2) is 8.35. The molecule has 1 aromatic heterocycles. The molecule has 0 aliphatic rings.